The molecule has 1 aromatic rings. The lowest BCUT2D eigenvalue weighted by molar-refractivity contribution is 0.530. The Balaban J connectivity index is 2.39. The van der Waals surface area contributed by atoms with Gasteiger partial charge >= 0.3 is 0 Å². The Morgan fingerprint density at radius 1 is 1.26 bits per heavy atom. The van der Waals surface area contributed by atoms with Crippen LogP contribution in [-0.2, 0) is 10.0 Å². The van der Waals surface area contributed by atoms with Gasteiger partial charge in [0.05, 0.1) is 4.90 Å². The first-order valence-electron chi connectivity index (χ1n) is 6.52. The predicted octanol–water partition coefficient (Wildman–Crippen LogP) is 2.27. The molecule has 1 aliphatic rings. The van der Waals surface area contributed by atoms with Crippen LogP contribution in [0, 0.1) is 26.2 Å². The van der Waals surface area contributed by atoms with Gasteiger partial charge in [-0.3, -0.25) is 0 Å². The zero-order chi connectivity index (χ0) is 14.4. The van der Waals surface area contributed by atoms with E-state index in [1.54, 1.807) is 6.92 Å². The molecular formula is C14H22N2O2S. The van der Waals surface area contributed by atoms with Crippen LogP contribution >= 0.6 is 0 Å². The van der Waals surface area contributed by atoms with E-state index < -0.39 is 10.0 Å². The van der Waals surface area contributed by atoms with Crippen LogP contribution in [0.3, 0.4) is 0 Å². The van der Waals surface area contributed by atoms with Crippen LogP contribution in [0.15, 0.2) is 11.0 Å². The number of hydrogen-bond acceptors (Lipinski definition) is 3. The highest BCUT2D eigenvalue weighted by Gasteiger charge is 2.38. The van der Waals surface area contributed by atoms with E-state index in [0.29, 0.717) is 22.7 Å². The van der Waals surface area contributed by atoms with Crippen molar-refractivity contribution < 1.29 is 8.42 Å². The normalized spacial score (nSPS) is 17.5. The standard InChI is InChI=1S/C14H22N2O2S/c1-9-7-12(15)11(3)13(10(9)2)19(17,18)16-8-14(4)5-6-14/h7,16H,5-6,8,15H2,1-4H3. The number of nitrogens with two attached hydrogens (primary N) is 1. The van der Waals surface area contributed by atoms with E-state index in [-0.39, 0.29) is 5.41 Å². The number of benzene rings is 1. The maximum Gasteiger partial charge on any atom is 0.241 e. The monoisotopic (exact) mass is 282 g/mol. The first-order valence-corrected chi connectivity index (χ1v) is 8.00. The van der Waals surface area contributed by atoms with Gasteiger partial charge in [-0.25, -0.2) is 13.1 Å². The quantitative estimate of drug-likeness (QED) is 0.832. The van der Waals surface area contributed by atoms with Crippen LogP contribution in [0.25, 0.3) is 0 Å². The van der Waals surface area contributed by atoms with Crippen LogP contribution in [0.5, 0.6) is 0 Å². The summed E-state index contributed by atoms with van der Waals surface area (Å²) in [4.78, 5) is 0.342. The molecule has 1 aliphatic carbocycles. The number of hydrogen-bond donors (Lipinski definition) is 2. The average molecular weight is 282 g/mol. The van der Waals surface area contributed by atoms with Crippen molar-refractivity contribution in [2.75, 3.05) is 12.3 Å². The number of anilines is 1. The summed E-state index contributed by atoms with van der Waals surface area (Å²) in [5, 5.41) is 0. The minimum atomic E-state index is -3.49. The van der Waals surface area contributed by atoms with E-state index in [1.165, 1.54) is 0 Å². The smallest absolute Gasteiger partial charge is 0.241 e. The number of nitrogens with one attached hydrogen (secondary N) is 1. The summed E-state index contributed by atoms with van der Waals surface area (Å²) >= 11 is 0. The van der Waals surface area contributed by atoms with Crippen molar-refractivity contribution in [2.45, 2.75) is 45.4 Å². The van der Waals surface area contributed by atoms with Gasteiger partial charge in [-0.1, -0.05) is 6.92 Å². The number of sulfonamides is 1. The minimum absolute atomic E-state index is 0.143. The third-order valence-electron chi connectivity index (χ3n) is 4.14. The molecule has 1 saturated carbocycles. The Bertz CT molecular complexity index is 591. The molecule has 106 valence electrons. The lowest BCUT2D eigenvalue weighted by Gasteiger charge is -2.17. The third-order valence-corrected chi connectivity index (χ3v) is 5.81. The Morgan fingerprint density at radius 2 is 1.84 bits per heavy atom. The van der Waals surface area contributed by atoms with Crippen molar-refractivity contribution >= 4 is 15.7 Å². The minimum Gasteiger partial charge on any atom is -0.398 e. The summed E-state index contributed by atoms with van der Waals surface area (Å²) in [5.41, 5.74) is 8.88. The topological polar surface area (TPSA) is 72.2 Å². The van der Waals surface area contributed by atoms with Gasteiger partial charge in [-0.05, 0) is 61.8 Å². The SMILES string of the molecule is Cc1cc(N)c(C)c(S(=O)(=O)NCC2(C)CC2)c1C. The van der Waals surface area contributed by atoms with Crippen molar-refractivity contribution in [3.05, 3.63) is 22.8 Å². The molecule has 1 aromatic carbocycles. The van der Waals surface area contributed by atoms with Crippen LogP contribution in [0.1, 0.15) is 36.5 Å². The number of aryl methyl sites for hydroxylation is 1. The Kier molecular flexibility index (Phi) is 3.39. The number of nitrogen functional groups attached to an aromatic ring is 1. The molecule has 3 N–H and O–H groups in total. The van der Waals surface area contributed by atoms with Gasteiger partial charge < -0.3 is 5.73 Å². The largest absolute Gasteiger partial charge is 0.398 e. The van der Waals surface area contributed by atoms with Gasteiger partial charge in [-0.15, -0.1) is 0 Å². The molecule has 0 amide bonds. The highest BCUT2D eigenvalue weighted by molar-refractivity contribution is 7.89. The van der Waals surface area contributed by atoms with Gasteiger partial charge in [0.25, 0.3) is 0 Å². The summed E-state index contributed by atoms with van der Waals surface area (Å²) in [6.45, 7) is 8.07. The van der Waals surface area contributed by atoms with Gasteiger partial charge in [0.15, 0.2) is 0 Å². The van der Waals surface area contributed by atoms with E-state index in [4.69, 9.17) is 5.73 Å². The highest BCUT2D eigenvalue weighted by atomic mass is 32.2. The average Bonchev–Trinajstić information content (AvgIpc) is 3.03. The fourth-order valence-electron chi connectivity index (χ4n) is 2.18. The Hall–Kier alpha value is -1.07. The second-order valence-corrected chi connectivity index (χ2v) is 7.70. The molecule has 0 radical (unpaired) electrons. The summed E-state index contributed by atoms with van der Waals surface area (Å²) in [5.74, 6) is 0. The van der Waals surface area contributed by atoms with E-state index in [0.717, 1.165) is 24.0 Å². The van der Waals surface area contributed by atoms with Crippen molar-refractivity contribution in [2.24, 2.45) is 5.41 Å². The van der Waals surface area contributed by atoms with E-state index in [1.807, 2.05) is 19.9 Å². The van der Waals surface area contributed by atoms with Gasteiger partial charge in [0.1, 0.15) is 0 Å². The first-order chi connectivity index (χ1) is 8.66. The molecule has 2 rings (SSSR count). The van der Waals surface area contributed by atoms with E-state index >= 15 is 0 Å². The maximum atomic E-state index is 12.5. The molecule has 19 heavy (non-hydrogen) atoms. The second kappa shape index (κ2) is 4.49. The summed E-state index contributed by atoms with van der Waals surface area (Å²) in [7, 11) is -3.49. The molecule has 0 heterocycles. The van der Waals surface area contributed by atoms with Crippen LogP contribution in [0.2, 0.25) is 0 Å². The van der Waals surface area contributed by atoms with Crippen molar-refractivity contribution in [3.63, 3.8) is 0 Å². The summed E-state index contributed by atoms with van der Waals surface area (Å²) in [6, 6.07) is 1.83. The van der Waals surface area contributed by atoms with E-state index in [9.17, 15) is 8.42 Å². The summed E-state index contributed by atoms with van der Waals surface area (Å²) < 4.78 is 27.7. The van der Waals surface area contributed by atoms with Gasteiger partial charge in [0.2, 0.25) is 10.0 Å². The molecule has 5 heteroatoms. The molecule has 0 aliphatic heterocycles. The first kappa shape index (κ1) is 14.3. The molecule has 4 nitrogen and oxygen atoms in total. The maximum absolute atomic E-state index is 12.5. The van der Waals surface area contributed by atoms with Crippen molar-refractivity contribution in [3.8, 4) is 0 Å². The second-order valence-electron chi connectivity index (χ2n) is 6.00. The van der Waals surface area contributed by atoms with Crippen molar-refractivity contribution in [1.29, 1.82) is 0 Å². The fourth-order valence-corrected chi connectivity index (χ4v) is 3.94. The van der Waals surface area contributed by atoms with Crippen LogP contribution < -0.4 is 10.5 Å². The predicted molar refractivity (Wildman–Crippen MR) is 77.6 cm³/mol. The highest BCUT2D eigenvalue weighted by Crippen LogP contribution is 2.44. The van der Waals surface area contributed by atoms with Crippen LogP contribution in [-0.4, -0.2) is 15.0 Å². The molecule has 0 unspecified atom stereocenters. The zero-order valence-electron chi connectivity index (χ0n) is 12.0. The van der Waals surface area contributed by atoms with Gasteiger partial charge in [0, 0.05) is 12.2 Å². The molecule has 1 fully saturated rings. The van der Waals surface area contributed by atoms with Crippen molar-refractivity contribution in [1.82, 2.24) is 4.72 Å². The molecule has 0 atom stereocenters. The zero-order valence-corrected chi connectivity index (χ0v) is 12.8. The molecule has 0 bridgehead atoms. The Morgan fingerprint density at radius 3 is 2.37 bits per heavy atom. The summed E-state index contributed by atoms with van der Waals surface area (Å²) in [6.07, 6.45) is 2.17. The fraction of sp³-hybridized carbons (Fsp3) is 0.571. The van der Waals surface area contributed by atoms with Gasteiger partial charge in [-0.2, -0.15) is 0 Å². The molecule has 0 spiro atoms. The van der Waals surface area contributed by atoms with E-state index in [2.05, 4.69) is 11.6 Å². The number of rotatable bonds is 4. The lowest BCUT2D eigenvalue weighted by Crippen LogP contribution is -2.30. The van der Waals surface area contributed by atoms with Crippen LogP contribution in [0.4, 0.5) is 5.69 Å². The Labute approximate surface area is 115 Å². The lowest BCUT2D eigenvalue weighted by atomic mass is 10.1. The third kappa shape index (κ3) is 2.77. The molecule has 0 saturated heterocycles. The molecular weight excluding hydrogens is 260 g/mol. The molecule has 0 aromatic heterocycles.